The summed E-state index contributed by atoms with van der Waals surface area (Å²) in [6, 6.07) is 6.99. The summed E-state index contributed by atoms with van der Waals surface area (Å²) >= 11 is 3.34. The van der Waals surface area contributed by atoms with Crippen molar-refractivity contribution in [2.75, 3.05) is 20.1 Å². The number of nitrogens with zero attached hydrogens (tertiary/aromatic N) is 1. The maximum absolute atomic E-state index is 11.6. The summed E-state index contributed by atoms with van der Waals surface area (Å²) in [5, 5.41) is 10.7. The zero-order chi connectivity index (χ0) is 15.4. The van der Waals surface area contributed by atoms with Crippen LogP contribution in [-0.2, 0) is 14.2 Å². The number of carbonyl (C=O) groups is 2. The molecule has 1 aromatic carbocycles. The number of furan rings is 1. The van der Waals surface area contributed by atoms with Crippen molar-refractivity contribution < 1.29 is 23.7 Å². The van der Waals surface area contributed by atoms with E-state index in [2.05, 4.69) is 15.9 Å². The Morgan fingerprint density at radius 1 is 1.52 bits per heavy atom. The van der Waals surface area contributed by atoms with E-state index in [9.17, 15) is 14.6 Å². The fourth-order valence-corrected chi connectivity index (χ4v) is 2.17. The van der Waals surface area contributed by atoms with Crippen molar-refractivity contribution in [3.63, 3.8) is 0 Å². The van der Waals surface area contributed by atoms with Gasteiger partial charge in [0.05, 0.1) is 13.1 Å². The average Bonchev–Trinajstić information content (AvgIpc) is 2.81. The lowest BCUT2D eigenvalue weighted by molar-refractivity contribution is -0.136. The molecule has 0 spiro atoms. The van der Waals surface area contributed by atoms with Gasteiger partial charge in [0.2, 0.25) is 0 Å². The van der Waals surface area contributed by atoms with Crippen LogP contribution in [0.1, 0.15) is 0 Å². The smallest absolute Gasteiger partial charge is 0.503 e. The Kier molecular flexibility index (Phi) is 5.16. The Morgan fingerprint density at radius 2 is 2.29 bits per heavy atom. The molecule has 0 fully saturated rings. The number of likely N-dealkylation sites (N-methyl/N-ethyl adjacent to an activating group) is 1. The van der Waals surface area contributed by atoms with Crippen LogP contribution in [0, 0.1) is 0 Å². The Labute approximate surface area is 129 Å². The standard InChI is InChI=1S/C13H13BBrNO5/c1-16(4-5-17)8-13(18)21-14(19)12-7-9-6-10(15)2-3-11(9)20-12/h2-3,5-7,19H,4,8H2,1H3. The Bertz CT molecular complexity index is 659. The number of fused-ring (bicyclic) bond motifs is 1. The lowest BCUT2D eigenvalue weighted by Gasteiger charge is -2.12. The SMILES string of the molecule is CN(CC=O)CC(=O)OB(O)c1cc2cc(Br)ccc2o1. The normalized spacial score (nSPS) is 10.9. The van der Waals surface area contributed by atoms with E-state index < -0.39 is 13.1 Å². The second-order valence-electron chi connectivity index (χ2n) is 4.54. The number of rotatable bonds is 6. The molecule has 1 heterocycles. The maximum atomic E-state index is 11.6. The van der Waals surface area contributed by atoms with Gasteiger partial charge in [-0.05, 0) is 31.3 Å². The van der Waals surface area contributed by atoms with Gasteiger partial charge in [-0.1, -0.05) is 15.9 Å². The van der Waals surface area contributed by atoms with Crippen LogP contribution >= 0.6 is 15.9 Å². The number of carbonyl (C=O) groups excluding carboxylic acids is 2. The molecule has 2 rings (SSSR count). The molecule has 0 unspecified atom stereocenters. The van der Waals surface area contributed by atoms with E-state index in [0.29, 0.717) is 11.9 Å². The minimum absolute atomic E-state index is 0.0957. The third kappa shape index (κ3) is 4.16. The van der Waals surface area contributed by atoms with Gasteiger partial charge in [-0.25, -0.2) is 0 Å². The Hall–Kier alpha value is -1.64. The van der Waals surface area contributed by atoms with E-state index >= 15 is 0 Å². The van der Waals surface area contributed by atoms with Crippen LogP contribution in [0.25, 0.3) is 11.0 Å². The van der Waals surface area contributed by atoms with Crippen molar-refractivity contribution in [3.8, 4) is 0 Å². The molecular weight excluding hydrogens is 341 g/mol. The van der Waals surface area contributed by atoms with Crippen molar-refractivity contribution in [2.24, 2.45) is 0 Å². The first-order valence-corrected chi connectivity index (χ1v) is 6.97. The highest BCUT2D eigenvalue weighted by Crippen LogP contribution is 2.19. The number of halogens is 1. The molecule has 1 aromatic heterocycles. The summed E-state index contributed by atoms with van der Waals surface area (Å²) in [7, 11) is 0.120. The summed E-state index contributed by atoms with van der Waals surface area (Å²) in [6.07, 6.45) is 0.681. The number of hydrogen-bond donors (Lipinski definition) is 1. The number of aldehydes is 1. The molecule has 0 saturated heterocycles. The zero-order valence-electron chi connectivity index (χ0n) is 11.3. The van der Waals surface area contributed by atoms with Crippen molar-refractivity contribution in [1.82, 2.24) is 4.90 Å². The first-order valence-electron chi connectivity index (χ1n) is 6.18. The lowest BCUT2D eigenvalue weighted by Crippen LogP contribution is -2.38. The topological polar surface area (TPSA) is 80.0 Å². The first-order chi connectivity index (χ1) is 9.99. The van der Waals surface area contributed by atoms with Gasteiger partial charge >= 0.3 is 13.1 Å². The molecule has 0 amide bonds. The zero-order valence-corrected chi connectivity index (χ0v) is 12.9. The molecule has 0 atom stereocenters. The summed E-state index contributed by atoms with van der Waals surface area (Å²) in [5.41, 5.74) is 0.732. The molecule has 8 heteroatoms. The van der Waals surface area contributed by atoms with E-state index in [-0.39, 0.29) is 18.7 Å². The van der Waals surface area contributed by atoms with E-state index in [0.717, 1.165) is 9.86 Å². The van der Waals surface area contributed by atoms with Gasteiger partial charge < -0.3 is 18.9 Å². The first kappa shape index (κ1) is 15.7. The van der Waals surface area contributed by atoms with E-state index in [1.165, 1.54) is 4.90 Å². The molecule has 2 aromatic rings. The highest BCUT2D eigenvalue weighted by atomic mass is 79.9. The fourth-order valence-electron chi connectivity index (χ4n) is 1.79. The molecule has 0 aliphatic rings. The lowest BCUT2D eigenvalue weighted by atomic mass is 9.86. The van der Waals surface area contributed by atoms with E-state index in [1.54, 1.807) is 19.2 Å². The van der Waals surface area contributed by atoms with Gasteiger partial charge in [-0.15, -0.1) is 0 Å². The molecule has 0 aliphatic heterocycles. The van der Waals surface area contributed by atoms with Gasteiger partial charge in [0.15, 0.2) is 5.66 Å². The predicted molar refractivity (Wildman–Crippen MR) is 81.2 cm³/mol. The number of benzene rings is 1. The van der Waals surface area contributed by atoms with Crippen LogP contribution in [0.15, 0.2) is 33.2 Å². The third-order valence-electron chi connectivity index (χ3n) is 2.77. The van der Waals surface area contributed by atoms with Gasteiger partial charge in [0.1, 0.15) is 11.9 Å². The fraction of sp³-hybridized carbons (Fsp3) is 0.231. The minimum Gasteiger partial charge on any atom is -0.503 e. The molecule has 1 N–H and O–H groups in total. The summed E-state index contributed by atoms with van der Waals surface area (Å²) in [5.74, 6) is -0.645. The van der Waals surface area contributed by atoms with Crippen LogP contribution in [0.4, 0.5) is 0 Å². The van der Waals surface area contributed by atoms with E-state index in [4.69, 9.17) is 9.07 Å². The monoisotopic (exact) mass is 353 g/mol. The summed E-state index contributed by atoms with van der Waals surface area (Å²) < 4.78 is 11.2. The predicted octanol–water partition coefficient (Wildman–Crippen LogP) is 0.557. The average molecular weight is 354 g/mol. The maximum Gasteiger partial charge on any atom is 0.600 e. The third-order valence-corrected chi connectivity index (χ3v) is 3.26. The summed E-state index contributed by atoms with van der Waals surface area (Å²) in [6.45, 7) is 0.0193. The molecule has 0 bridgehead atoms. The van der Waals surface area contributed by atoms with Gasteiger partial charge in [0, 0.05) is 9.86 Å². The Morgan fingerprint density at radius 3 is 3.00 bits per heavy atom. The van der Waals surface area contributed by atoms with Crippen LogP contribution in [0.2, 0.25) is 0 Å². The van der Waals surface area contributed by atoms with Crippen LogP contribution in [-0.4, -0.2) is 49.4 Å². The van der Waals surface area contributed by atoms with Crippen LogP contribution in [0.5, 0.6) is 0 Å². The van der Waals surface area contributed by atoms with E-state index in [1.807, 2.05) is 12.1 Å². The minimum atomic E-state index is -1.48. The second-order valence-corrected chi connectivity index (χ2v) is 5.45. The molecule has 0 saturated carbocycles. The molecule has 21 heavy (non-hydrogen) atoms. The molecule has 6 nitrogen and oxygen atoms in total. The second kappa shape index (κ2) is 6.88. The molecule has 110 valence electrons. The molecule has 0 radical (unpaired) electrons. The van der Waals surface area contributed by atoms with Crippen molar-refractivity contribution in [1.29, 1.82) is 0 Å². The van der Waals surface area contributed by atoms with Gasteiger partial charge in [0.25, 0.3) is 0 Å². The number of hydrogen-bond acceptors (Lipinski definition) is 6. The van der Waals surface area contributed by atoms with Crippen molar-refractivity contribution in [3.05, 3.63) is 28.7 Å². The molecular formula is C13H13BBrNO5. The Balaban J connectivity index is 2.02. The largest absolute Gasteiger partial charge is 0.600 e. The van der Waals surface area contributed by atoms with Gasteiger partial charge in [-0.2, -0.15) is 0 Å². The highest BCUT2D eigenvalue weighted by molar-refractivity contribution is 9.10. The quantitative estimate of drug-likeness (QED) is 0.603. The van der Waals surface area contributed by atoms with Gasteiger partial charge in [-0.3, -0.25) is 9.69 Å². The highest BCUT2D eigenvalue weighted by Gasteiger charge is 2.26. The molecule has 0 aliphatic carbocycles. The van der Waals surface area contributed by atoms with Crippen molar-refractivity contribution in [2.45, 2.75) is 0 Å². The summed E-state index contributed by atoms with van der Waals surface area (Å²) in [4.78, 5) is 23.4. The van der Waals surface area contributed by atoms with Crippen LogP contribution in [0.3, 0.4) is 0 Å². The van der Waals surface area contributed by atoms with Crippen LogP contribution < -0.4 is 5.66 Å². The van der Waals surface area contributed by atoms with Crippen molar-refractivity contribution >= 4 is 51.9 Å².